The number of rotatable bonds is 11. The number of methoxy groups -OCH3 is 1. The number of carbonyl (C=O) groups is 1. The smallest absolute Gasteiger partial charge is 0.335 e. The van der Waals surface area contributed by atoms with Crippen molar-refractivity contribution in [3.8, 4) is 23.0 Å². The first kappa shape index (κ1) is 25.2. The Morgan fingerprint density at radius 3 is 2.29 bits per heavy atom. The van der Waals surface area contributed by atoms with Gasteiger partial charge in [0.15, 0.2) is 23.0 Å². The zero-order valence-corrected chi connectivity index (χ0v) is 20.0. The van der Waals surface area contributed by atoms with Gasteiger partial charge in [-0.05, 0) is 54.8 Å². The van der Waals surface area contributed by atoms with Crippen LogP contribution in [-0.4, -0.2) is 51.2 Å². The number of sulfonamides is 1. The van der Waals surface area contributed by atoms with Gasteiger partial charge in [0.2, 0.25) is 0 Å². The molecule has 34 heavy (non-hydrogen) atoms. The predicted octanol–water partition coefficient (Wildman–Crippen LogP) is 4.08. The lowest BCUT2D eigenvalue weighted by molar-refractivity contribution is 0.0696. The van der Waals surface area contributed by atoms with Crippen molar-refractivity contribution < 1.29 is 37.6 Å². The van der Waals surface area contributed by atoms with Crippen LogP contribution >= 0.6 is 11.8 Å². The fourth-order valence-electron chi connectivity index (χ4n) is 2.94. The van der Waals surface area contributed by atoms with E-state index in [0.717, 1.165) is 11.0 Å². The predicted molar refractivity (Wildman–Crippen MR) is 128 cm³/mol. The maximum absolute atomic E-state index is 13.1. The van der Waals surface area contributed by atoms with Gasteiger partial charge in [0, 0.05) is 4.90 Å². The van der Waals surface area contributed by atoms with Gasteiger partial charge in [0.1, 0.15) is 6.61 Å². The van der Waals surface area contributed by atoms with Crippen molar-refractivity contribution in [1.82, 2.24) is 0 Å². The quantitative estimate of drug-likeness (QED) is 0.330. The molecule has 0 fully saturated rings. The van der Waals surface area contributed by atoms with Crippen LogP contribution in [0, 0.1) is 0 Å². The zero-order valence-electron chi connectivity index (χ0n) is 18.3. The molecule has 0 heterocycles. The number of anilines is 1. The molecule has 0 saturated carbocycles. The minimum Gasteiger partial charge on any atom is -0.493 e. The Kier molecular flexibility index (Phi) is 8.26. The number of hydrogen-bond acceptors (Lipinski definition) is 8. The number of nitrogens with one attached hydrogen (secondary N) is 1. The summed E-state index contributed by atoms with van der Waals surface area (Å²) in [7, 11) is -2.67. The van der Waals surface area contributed by atoms with Crippen molar-refractivity contribution in [3.63, 3.8) is 0 Å². The second-order valence-electron chi connectivity index (χ2n) is 6.76. The molecular weight excluding hydrogens is 482 g/mol. The molecule has 0 spiro atoms. The normalized spacial score (nSPS) is 11.0. The largest absolute Gasteiger partial charge is 0.493 e. The van der Waals surface area contributed by atoms with Gasteiger partial charge in [-0.1, -0.05) is 12.1 Å². The number of carboxylic acid groups (broad SMARTS) is 1. The van der Waals surface area contributed by atoms with Gasteiger partial charge < -0.3 is 24.4 Å². The molecule has 0 saturated heterocycles. The summed E-state index contributed by atoms with van der Waals surface area (Å²) >= 11 is 1.46. The first-order valence-electron chi connectivity index (χ1n) is 9.91. The monoisotopic (exact) mass is 505 g/mol. The van der Waals surface area contributed by atoms with Crippen LogP contribution in [0.1, 0.15) is 10.4 Å². The molecule has 3 aromatic rings. The highest BCUT2D eigenvalue weighted by atomic mass is 32.2. The molecule has 0 unspecified atom stereocenters. The number of para-hydroxylation sites is 2. The van der Waals surface area contributed by atoms with E-state index in [1.165, 1.54) is 37.1 Å². The summed E-state index contributed by atoms with van der Waals surface area (Å²) in [6, 6.07) is 15.2. The Bertz CT molecular complexity index is 1260. The summed E-state index contributed by atoms with van der Waals surface area (Å²) in [5.74, 6) is -0.865. The highest BCUT2D eigenvalue weighted by Crippen LogP contribution is 2.43. The summed E-state index contributed by atoms with van der Waals surface area (Å²) < 4.78 is 45.4. The van der Waals surface area contributed by atoms with E-state index in [-0.39, 0.29) is 46.6 Å². The molecule has 3 rings (SSSR count). The van der Waals surface area contributed by atoms with Gasteiger partial charge in [-0.15, -0.1) is 11.8 Å². The highest BCUT2D eigenvalue weighted by molar-refractivity contribution is 7.98. The van der Waals surface area contributed by atoms with Crippen molar-refractivity contribution in [2.24, 2.45) is 0 Å². The second-order valence-corrected chi connectivity index (χ2v) is 9.32. The van der Waals surface area contributed by atoms with Gasteiger partial charge in [0.05, 0.1) is 29.9 Å². The number of hydrogen-bond donors (Lipinski definition) is 3. The van der Waals surface area contributed by atoms with Crippen LogP contribution in [0.2, 0.25) is 0 Å². The average Bonchev–Trinajstić information content (AvgIpc) is 2.84. The number of benzene rings is 3. The Labute approximate surface area is 201 Å². The molecule has 180 valence electrons. The van der Waals surface area contributed by atoms with Gasteiger partial charge >= 0.3 is 5.97 Å². The molecule has 0 aliphatic rings. The van der Waals surface area contributed by atoms with E-state index in [2.05, 4.69) is 4.72 Å². The van der Waals surface area contributed by atoms with E-state index in [1.807, 2.05) is 6.26 Å². The van der Waals surface area contributed by atoms with E-state index in [4.69, 9.17) is 14.2 Å². The fraction of sp³-hybridized carbons (Fsp3) is 0.174. The topological polar surface area (TPSA) is 131 Å². The molecule has 9 nitrogen and oxygen atoms in total. The number of thioether (sulfide) groups is 1. The lowest BCUT2D eigenvalue weighted by Crippen LogP contribution is -2.15. The van der Waals surface area contributed by atoms with Crippen molar-refractivity contribution in [2.45, 2.75) is 9.79 Å². The maximum atomic E-state index is 13.1. The fourth-order valence-corrected chi connectivity index (χ4v) is 4.40. The molecule has 0 aromatic heterocycles. The first-order valence-corrected chi connectivity index (χ1v) is 12.6. The Morgan fingerprint density at radius 1 is 1.03 bits per heavy atom. The third-order valence-corrected chi connectivity index (χ3v) is 6.67. The Hall–Kier alpha value is -3.41. The zero-order chi connectivity index (χ0) is 24.7. The number of aliphatic hydroxyl groups is 1. The Balaban J connectivity index is 2.13. The molecule has 11 heteroatoms. The van der Waals surface area contributed by atoms with Crippen LogP contribution in [-0.2, 0) is 10.0 Å². The van der Waals surface area contributed by atoms with Gasteiger partial charge in [-0.25, -0.2) is 13.2 Å². The van der Waals surface area contributed by atoms with Crippen molar-refractivity contribution in [3.05, 3.63) is 66.2 Å². The number of aliphatic hydroxyl groups excluding tert-OH is 1. The summed E-state index contributed by atoms with van der Waals surface area (Å²) in [4.78, 5) is 12.6. The SMILES string of the molecule is COc1ccccc1Oc1c(NS(=O)(=O)c2ccc(SC)cc2)cc(C(=O)O)cc1OCCO. The van der Waals surface area contributed by atoms with E-state index in [1.54, 1.807) is 36.4 Å². The van der Waals surface area contributed by atoms with E-state index in [9.17, 15) is 23.4 Å². The summed E-state index contributed by atoms with van der Waals surface area (Å²) in [5.41, 5.74) is -0.400. The van der Waals surface area contributed by atoms with E-state index in [0.29, 0.717) is 5.75 Å². The van der Waals surface area contributed by atoms with Crippen LogP contribution in [0.25, 0.3) is 0 Å². The van der Waals surface area contributed by atoms with Crippen molar-refractivity contribution >= 4 is 33.4 Å². The van der Waals surface area contributed by atoms with Crippen molar-refractivity contribution in [1.29, 1.82) is 0 Å². The summed E-state index contributed by atoms with van der Waals surface area (Å²) in [6.07, 6.45) is 1.87. The second kappa shape index (κ2) is 11.1. The van der Waals surface area contributed by atoms with Crippen LogP contribution < -0.4 is 18.9 Å². The number of aromatic carboxylic acids is 1. The lowest BCUT2D eigenvalue weighted by Gasteiger charge is -2.19. The van der Waals surface area contributed by atoms with Gasteiger partial charge in [-0.2, -0.15) is 0 Å². The number of carboxylic acids is 1. The molecule has 0 radical (unpaired) electrons. The highest BCUT2D eigenvalue weighted by Gasteiger charge is 2.23. The molecule has 0 atom stereocenters. The van der Waals surface area contributed by atoms with Crippen LogP contribution in [0.4, 0.5) is 5.69 Å². The standard InChI is InChI=1S/C23H23NO8S2/c1-30-19-5-3-4-6-20(19)32-22-18(13-15(23(26)27)14-21(22)31-12-11-25)24-34(28,29)17-9-7-16(33-2)8-10-17/h3-10,13-14,24-25H,11-12H2,1-2H3,(H,26,27). The molecule has 0 amide bonds. The summed E-state index contributed by atoms with van der Waals surface area (Å²) in [6.45, 7) is -0.526. The molecule has 0 bridgehead atoms. The average molecular weight is 506 g/mol. The molecular formula is C23H23NO8S2. The minimum atomic E-state index is -4.12. The van der Waals surface area contributed by atoms with E-state index < -0.39 is 16.0 Å². The van der Waals surface area contributed by atoms with Gasteiger partial charge in [0.25, 0.3) is 10.0 Å². The van der Waals surface area contributed by atoms with Crippen LogP contribution in [0.5, 0.6) is 23.0 Å². The maximum Gasteiger partial charge on any atom is 0.335 e. The molecule has 0 aliphatic carbocycles. The first-order chi connectivity index (χ1) is 16.3. The minimum absolute atomic E-state index is 0.0212. The molecule has 0 aliphatic heterocycles. The van der Waals surface area contributed by atoms with Gasteiger partial charge in [-0.3, -0.25) is 4.72 Å². The van der Waals surface area contributed by atoms with Crippen molar-refractivity contribution in [2.75, 3.05) is 31.3 Å². The third-order valence-electron chi connectivity index (χ3n) is 4.55. The molecule has 3 aromatic carbocycles. The van der Waals surface area contributed by atoms with Crippen LogP contribution in [0.15, 0.2) is 70.5 Å². The third kappa shape index (κ3) is 5.93. The Morgan fingerprint density at radius 2 is 1.71 bits per heavy atom. The lowest BCUT2D eigenvalue weighted by atomic mass is 10.1. The molecule has 3 N–H and O–H groups in total. The van der Waals surface area contributed by atoms with Crippen LogP contribution in [0.3, 0.4) is 0 Å². The van der Waals surface area contributed by atoms with E-state index >= 15 is 0 Å². The summed E-state index contributed by atoms with van der Waals surface area (Å²) in [5, 5.41) is 18.8. The number of ether oxygens (including phenoxy) is 3.